The highest BCUT2D eigenvalue weighted by molar-refractivity contribution is 4.85. The van der Waals surface area contributed by atoms with E-state index in [4.69, 9.17) is 4.74 Å². The molecule has 4 nitrogen and oxygen atoms in total. The Bertz CT molecular complexity index is 279. The molecule has 1 unspecified atom stereocenters. The fourth-order valence-electron chi connectivity index (χ4n) is 1.86. The molecule has 2 heterocycles. The van der Waals surface area contributed by atoms with Gasteiger partial charge >= 0.3 is 0 Å². The Morgan fingerprint density at radius 2 is 2.50 bits per heavy atom. The van der Waals surface area contributed by atoms with Crippen molar-refractivity contribution in [1.29, 1.82) is 0 Å². The molecular weight excluding hydrogens is 178 g/mol. The van der Waals surface area contributed by atoms with Crippen molar-refractivity contribution >= 4 is 0 Å². The smallest absolute Gasteiger partial charge is 0.132 e. The predicted octanol–water partition coefficient (Wildman–Crippen LogP) is 1.32. The standard InChI is InChI=1S/C10H17N3O/c1-13-8-11-12-10(13)6-5-9-4-2-3-7-14-9/h8-9H,2-7H2,1H3. The van der Waals surface area contributed by atoms with Crippen molar-refractivity contribution in [3.05, 3.63) is 12.2 Å². The van der Waals surface area contributed by atoms with Crippen LogP contribution in [0.1, 0.15) is 31.5 Å². The van der Waals surface area contributed by atoms with Crippen molar-refractivity contribution in [2.24, 2.45) is 7.05 Å². The van der Waals surface area contributed by atoms with Crippen LogP contribution in [0.2, 0.25) is 0 Å². The number of nitrogens with zero attached hydrogens (tertiary/aromatic N) is 3. The van der Waals surface area contributed by atoms with Gasteiger partial charge in [-0.15, -0.1) is 10.2 Å². The lowest BCUT2D eigenvalue weighted by Gasteiger charge is -2.22. The largest absolute Gasteiger partial charge is 0.378 e. The Balaban J connectivity index is 1.79. The van der Waals surface area contributed by atoms with Gasteiger partial charge in [-0.2, -0.15) is 0 Å². The van der Waals surface area contributed by atoms with Gasteiger partial charge in [-0.1, -0.05) is 0 Å². The summed E-state index contributed by atoms with van der Waals surface area (Å²) in [4.78, 5) is 0. The topological polar surface area (TPSA) is 39.9 Å². The maximum atomic E-state index is 5.66. The van der Waals surface area contributed by atoms with E-state index in [2.05, 4.69) is 10.2 Å². The highest BCUT2D eigenvalue weighted by Gasteiger charge is 2.14. The fourth-order valence-corrected chi connectivity index (χ4v) is 1.86. The average molecular weight is 195 g/mol. The van der Waals surface area contributed by atoms with E-state index in [1.54, 1.807) is 6.33 Å². The normalized spacial score (nSPS) is 22.5. The zero-order chi connectivity index (χ0) is 9.80. The number of aromatic nitrogens is 3. The number of rotatable bonds is 3. The Kier molecular flexibility index (Phi) is 3.14. The molecule has 1 aliphatic heterocycles. The molecule has 1 aliphatic rings. The van der Waals surface area contributed by atoms with Crippen molar-refractivity contribution in [3.8, 4) is 0 Å². The second-order valence-electron chi connectivity index (χ2n) is 3.89. The van der Waals surface area contributed by atoms with Crippen LogP contribution >= 0.6 is 0 Å². The lowest BCUT2D eigenvalue weighted by Crippen LogP contribution is -2.20. The Hall–Kier alpha value is -0.900. The highest BCUT2D eigenvalue weighted by Crippen LogP contribution is 2.16. The molecule has 4 heteroatoms. The van der Waals surface area contributed by atoms with Crippen LogP contribution in [0.15, 0.2) is 6.33 Å². The van der Waals surface area contributed by atoms with Gasteiger partial charge in [0.2, 0.25) is 0 Å². The third kappa shape index (κ3) is 2.32. The zero-order valence-electron chi connectivity index (χ0n) is 8.65. The molecule has 1 saturated heterocycles. The van der Waals surface area contributed by atoms with E-state index in [0.29, 0.717) is 6.10 Å². The first kappa shape index (κ1) is 9.65. The molecule has 2 rings (SSSR count). The molecule has 0 radical (unpaired) electrons. The van der Waals surface area contributed by atoms with E-state index in [9.17, 15) is 0 Å². The molecule has 0 N–H and O–H groups in total. The van der Waals surface area contributed by atoms with Crippen molar-refractivity contribution in [1.82, 2.24) is 14.8 Å². The summed E-state index contributed by atoms with van der Waals surface area (Å²) >= 11 is 0. The van der Waals surface area contributed by atoms with E-state index >= 15 is 0 Å². The summed E-state index contributed by atoms with van der Waals surface area (Å²) in [5.74, 6) is 1.05. The Labute approximate surface area is 84.3 Å². The average Bonchev–Trinajstić information content (AvgIpc) is 2.63. The molecule has 0 aliphatic carbocycles. The molecule has 0 saturated carbocycles. The van der Waals surface area contributed by atoms with Crippen LogP contribution in [0.25, 0.3) is 0 Å². The number of ether oxygens (including phenoxy) is 1. The quantitative estimate of drug-likeness (QED) is 0.730. The molecule has 0 bridgehead atoms. The second kappa shape index (κ2) is 4.55. The summed E-state index contributed by atoms with van der Waals surface area (Å²) in [5.41, 5.74) is 0. The van der Waals surface area contributed by atoms with Crippen LogP contribution in [-0.4, -0.2) is 27.5 Å². The minimum absolute atomic E-state index is 0.445. The molecular formula is C10H17N3O. The summed E-state index contributed by atoms with van der Waals surface area (Å²) in [6, 6.07) is 0. The minimum atomic E-state index is 0.445. The second-order valence-corrected chi connectivity index (χ2v) is 3.89. The van der Waals surface area contributed by atoms with E-state index in [1.807, 2.05) is 11.6 Å². The summed E-state index contributed by atoms with van der Waals surface area (Å²) in [7, 11) is 1.98. The van der Waals surface area contributed by atoms with E-state index in [-0.39, 0.29) is 0 Å². The lowest BCUT2D eigenvalue weighted by molar-refractivity contribution is 0.0111. The van der Waals surface area contributed by atoms with Crippen LogP contribution in [0.3, 0.4) is 0 Å². The van der Waals surface area contributed by atoms with Gasteiger partial charge in [-0.3, -0.25) is 0 Å². The monoisotopic (exact) mass is 195 g/mol. The van der Waals surface area contributed by atoms with Crippen molar-refractivity contribution in [2.45, 2.75) is 38.2 Å². The zero-order valence-corrected chi connectivity index (χ0v) is 8.65. The van der Waals surface area contributed by atoms with Gasteiger partial charge < -0.3 is 9.30 Å². The molecule has 14 heavy (non-hydrogen) atoms. The summed E-state index contributed by atoms with van der Waals surface area (Å²) in [6.07, 6.45) is 7.98. The summed E-state index contributed by atoms with van der Waals surface area (Å²) in [5, 5.41) is 7.92. The highest BCUT2D eigenvalue weighted by atomic mass is 16.5. The van der Waals surface area contributed by atoms with E-state index < -0.39 is 0 Å². The van der Waals surface area contributed by atoms with Gasteiger partial charge in [0.25, 0.3) is 0 Å². The Morgan fingerprint density at radius 1 is 1.57 bits per heavy atom. The lowest BCUT2D eigenvalue weighted by atomic mass is 10.0. The first-order valence-corrected chi connectivity index (χ1v) is 5.31. The van der Waals surface area contributed by atoms with E-state index in [0.717, 1.165) is 25.3 Å². The van der Waals surface area contributed by atoms with Gasteiger partial charge in [-0.05, 0) is 25.7 Å². The van der Waals surface area contributed by atoms with Gasteiger partial charge in [0.05, 0.1) is 6.10 Å². The van der Waals surface area contributed by atoms with Gasteiger partial charge in [0.1, 0.15) is 12.2 Å². The first-order chi connectivity index (χ1) is 6.86. The number of hydrogen-bond donors (Lipinski definition) is 0. The molecule has 0 aromatic carbocycles. The minimum Gasteiger partial charge on any atom is -0.378 e. The maximum Gasteiger partial charge on any atom is 0.132 e. The van der Waals surface area contributed by atoms with Crippen LogP contribution in [0.5, 0.6) is 0 Å². The van der Waals surface area contributed by atoms with Crippen LogP contribution in [-0.2, 0) is 18.2 Å². The third-order valence-corrected chi connectivity index (χ3v) is 2.77. The van der Waals surface area contributed by atoms with Crippen molar-refractivity contribution in [2.75, 3.05) is 6.61 Å². The summed E-state index contributed by atoms with van der Waals surface area (Å²) in [6.45, 7) is 0.934. The van der Waals surface area contributed by atoms with Gasteiger partial charge in [-0.25, -0.2) is 0 Å². The Morgan fingerprint density at radius 3 is 3.14 bits per heavy atom. The molecule has 0 spiro atoms. The van der Waals surface area contributed by atoms with E-state index in [1.165, 1.54) is 19.3 Å². The molecule has 1 fully saturated rings. The molecule has 0 amide bonds. The fraction of sp³-hybridized carbons (Fsp3) is 0.800. The molecule has 1 aromatic rings. The predicted molar refractivity (Wildman–Crippen MR) is 52.9 cm³/mol. The maximum absolute atomic E-state index is 5.66. The molecule has 78 valence electrons. The first-order valence-electron chi connectivity index (χ1n) is 5.31. The van der Waals surface area contributed by atoms with Gasteiger partial charge in [0, 0.05) is 20.1 Å². The summed E-state index contributed by atoms with van der Waals surface area (Å²) < 4.78 is 7.63. The van der Waals surface area contributed by atoms with Crippen molar-refractivity contribution < 1.29 is 4.74 Å². The molecule has 1 aromatic heterocycles. The van der Waals surface area contributed by atoms with Crippen molar-refractivity contribution in [3.63, 3.8) is 0 Å². The number of hydrogen-bond acceptors (Lipinski definition) is 3. The third-order valence-electron chi connectivity index (χ3n) is 2.77. The van der Waals surface area contributed by atoms with Crippen LogP contribution in [0.4, 0.5) is 0 Å². The van der Waals surface area contributed by atoms with Crippen LogP contribution < -0.4 is 0 Å². The number of aryl methyl sites for hydroxylation is 2. The van der Waals surface area contributed by atoms with Gasteiger partial charge in [0.15, 0.2) is 0 Å². The molecule has 1 atom stereocenters. The SMILES string of the molecule is Cn1cnnc1CCC1CCCCO1. The van der Waals surface area contributed by atoms with Crippen LogP contribution in [0, 0.1) is 0 Å².